The number of alkyl halides is 4. The van der Waals surface area contributed by atoms with Crippen LogP contribution in [0.2, 0.25) is 0 Å². The zero-order valence-electron chi connectivity index (χ0n) is 16.6. The van der Waals surface area contributed by atoms with E-state index in [2.05, 4.69) is 15.4 Å². The number of halogens is 4. The Labute approximate surface area is 185 Å². The summed E-state index contributed by atoms with van der Waals surface area (Å²) in [6.45, 7) is 0. The Morgan fingerprint density at radius 3 is 2.38 bits per heavy atom. The lowest BCUT2D eigenvalue weighted by Crippen LogP contribution is -2.18. The molecule has 0 atom stereocenters. The minimum Gasteiger partial charge on any atom is -0.426 e. The fraction of sp³-hybridized carbons (Fsp3) is 0.200. The average Bonchev–Trinajstić information content (AvgIpc) is 3.09. The van der Waals surface area contributed by atoms with E-state index in [1.165, 1.54) is 12.1 Å². The summed E-state index contributed by atoms with van der Waals surface area (Å²) in [5.41, 5.74) is 0.394. The second kappa shape index (κ2) is 10.7. The first-order chi connectivity index (χ1) is 14.8. The summed E-state index contributed by atoms with van der Waals surface area (Å²) in [5, 5.41) is 6.32. The molecule has 1 aromatic heterocycles. The molecule has 0 aliphatic rings. The highest BCUT2D eigenvalue weighted by molar-refractivity contribution is 6.18. The van der Waals surface area contributed by atoms with Gasteiger partial charge < -0.3 is 10.9 Å². The molecule has 1 heterocycles. The minimum absolute atomic E-state index is 0. The normalized spacial score (nSPS) is 10.9. The van der Waals surface area contributed by atoms with Gasteiger partial charge in [-0.05, 0) is 24.3 Å². The first-order valence-electron chi connectivity index (χ1n) is 9.02. The number of esters is 1. The van der Waals surface area contributed by atoms with E-state index < -0.39 is 30.3 Å². The molecule has 12 heteroatoms. The van der Waals surface area contributed by atoms with E-state index in [0.29, 0.717) is 5.69 Å². The highest BCUT2D eigenvalue weighted by atomic mass is 35.5. The Kier molecular flexibility index (Phi) is 8.33. The SMILES string of the molecule is N.O=C(CCCl)Oc1ccccc1C(=O)Nc1nc(CC(F)(F)F)nn1-c1ccccc1. The number of ether oxygens (including phenoxy) is 1. The fourth-order valence-corrected chi connectivity index (χ4v) is 2.76. The van der Waals surface area contributed by atoms with Crippen molar-refractivity contribution in [3.8, 4) is 11.4 Å². The maximum atomic E-state index is 12.8. The van der Waals surface area contributed by atoms with Gasteiger partial charge in [0.2, 0.25) is 5.95 Å². The summed E-state index contributed by atoms with van der Waals surface area (Å²) in [6.07, 6.45) is -5.93. The summed E-state index contributed by atoms with van der Waals surface area (Å²) in [6, 6.07) is 14.2. The van der Waals surface area contributed by atoms with Crippen molar-refractivity contribution in [2.45, 2.75) is 19.0 Å². The highest BCUT2D eigenvalue weighted by Gasteiger charge is 2.31. The molecule has 3 rings (SSSR count). The number of rotatable bonds is 7. The Morgan fingerprint density at radius 1 is 1.06 bits per heavy atom. The molecule has 8 nitrogen and oxygen atoms in total. The number of nitrogens with one attached hydrogen (secondary N) is 1. The molecule has 0 bridgehead atoms. The van der Waals surface area contributed by atoms with Crippen LogP contribution in [0.3, 0.4) is 0 Å². The standard InChI is InChI=1S/C20H16ClF3N4O3.H3N/c21-11-10-17(29)31-15-9-5-4-8-14(15)18(30)26-19-25-16(12-20(22,23)24)27-28(19)13-6-2-1-3-7-13;/h1-9H,10-12H2,(H,25,26,27,30);1H3. The number of aromatic nitrogens is 3. The minimum atomic E-state index is -4.52. The van der Waals surface area contributed by atoms with E-state index in [4.69, 9.17) is 16.3 Å². The lowest BCUT2D eigenvalue weighted by Gasteiger charge is -2.10. The summed E-state index contributed by atoms with van der Waals surface area (Å²) in [4.78, 5) is 28.4. The van der Waals surface area contributed by atoms with Crippen molar-refractivity contribution in [3.05, 3.63) is 66.0 Å². The van der Waals surface area contributed by atoms with E-state index >= 15 is 0 Å². The molecule has 170 valence electrons. The summed E-state index contributed by atoms with van der Waals surface area (Å²) in [5.74, 6) is -2.05. The lowest BCUT2D eigenvalue weighted by atomic mass is 10.2. The molecular formula is C20H19ClF3N5O3. The van der Waals surface area contributed by atoms with Crippen molar-refractivity contribution < 1.29 is 27.5 Å². The molecule has 0 unspecified atom stereocenters. The van der Waals surface area contributed by atoms with Gasteiger partial charge in [0.25, 0.3) is 5.91 Å². The van der Waals surface area contributed by atoms with Crippen LogP contribution < -0.4 is 16.2 Å². The van der Waals surface area contributed by atoms with E-state index in [1.54, 1.807) is 42.5 Å². The monoisotopic (exact) mass is 469 g/mol. The van der Waals surface area contributed by atoms with E-state index in [1.807, 2.05) is 0 Å². The van der Waals surface area contributed by atoms with Crippen molar-refractivity contribution in [2.24, 2.45) is 0 Å². The zero-order chi connectivity index (χ0) is 22.4. The van der Waals surface area contributed by atoms with Gasteiger partial charge in [-0.1, -0.05) is 30.3 Å². The second-order valence-electron chi connectivity index (χ2n) is 6.25. The molecule has 0 aliphatic heterocycles. The summed E-state index contributed by atoms with van der Waals surface area (Å²) >= 11 is 5.52. The van der Waals surface area contributed by atoms with E-state index in [9.17, 15) is 22.8 Å². The number of carbonyl (C=O) groups is 2. The molecular weight excluding hydrogens is 451 g/mol. The average molecular weight is 470 g/mol. The topological polar surface area (TPSA) is 121 Å². The van der Waals surface area contributed by atoms with Crippen LogP contribution in [0.5, 0.6) is 5.75 Å². The fourth-order valence-electron chi connectivity index (χ4n) is 2.60. The molecule has 3 aromatic rings. The molecule has 0 saturated carbocycles. The number of amides is 1. The number of anilines is 1. The molecule has 0 radical (unpaired) electrons. The third-order valence-corrected chi connectivity index (χ3v) is 4.08. The first-order valence-corrected chi connectivity index (χ1v) is 9.55. The molecule has 0 saturated heterocycles. The number of benzene rings is 2. The lowest BCUT2D eigenvalue weighted by molar-refractivity contribution is -0.134. The van der Waals surface area contributed by atoms with Gasteiger partial charge in [0.15, 0.2) is 5.82 Å². The van der Waals surface area contributed by atoms with Gasteiger partial charge in [0.1, 0.15) is 12.2 Å². The van der Waals surface area contributed by atoms with Crippen molar-refractivity contribution in [1.29, 1.82) is 0 Å². The van der Waals surface area contributed by atoms with Crippen molar-refractivity contribution >= 4 is 29.4 Å². The number of nitrogens with zero attached hydrogens (tertiary/aromatic N) is 3. The van der Waals surface area contributed by atoms with Crippen molar-refractivity contribution in [1.82, 2.24) is 20.9 Å². The largest absolute Gasteiger partial charge is 0.426 e. The number of para-hydroxylation sites is 2. The number of carbonyl (C=O) groups excluding carboxylic acids is 2. The van der Waals surface area contributed by atoms with Crippen LogP contribution in [0.25, 0.3) is 5.69 Å². The van der Waals surface area contributed by atoms with Gasteiger partial charge in [-0.15, -0.1) is 16.7 Å². The van der Waals surface area contributed by atoms with Crippen LogP contribution in [-0.4, -0.2) is 38.7 Å². The van der Waals surface area contributed by atoms with Crippen LogP contribution >= 0.6 is 11.6 Å². The molecule has 4 N–H and O–H groups in total. The Morgan fingerprint density at radius 2 is 1.72 bits per heavy atom. The van der Waals surface area contributed by atoms with E-state index in [0.717, 1.165) is 4.68 Å². The zero-order valence-corrected chi connectivity index (χ0v) is 17.4. The van der Waals surface area contributed by atoms with Crippen LogP contribution in [0.15, 0.2) is 54.6 Å². The third-order valence-electron chi connectivity index (χ3n) is 3.89. The van der Waals surface area contributed by atoms with Crippen LogP contribution in [-0.2, 0) is 11.2 Å². The molecule has 0 fully saturated rings. The molecule has 32 heavy (non-hydrogen) atoms. The smallest absolute Gasteiger partial charge is 0.396 e. The van der Waals surface area contributed by atoms with Gasteiger partial charge in [-0.2, -0.15) is 22.8 Å². The van der Waals surface area contributed by atoms with Crippen LogP contribution in [0, 0.1) is 0 Å². The van der Waals surface area contributed by atoms with E-state index in [-0.39, 0.29) is 35.7 Å². The molecule has 1 amide bonds. The quantitative estimate of drug-likeness (QED) is 0.302. The first kappa shape index (κ1) is 24.8. The predicted molar refractivity (Wildman–Crippen MR) is 112 cm³/mol. The molecule has 0 spiro atoms. The van der Waals surface area contributed by atoms with Crippen LogP contribution in [0.1, 0.15) is 22.6 Å². The second-order valence-corrected chi connectivity index (χ2v) is 6.63. The number of hydrogen-bond donors (Lipinski definition) is 2. The van der Waals surface area contributed by atoms with Gasteiger partial charge in [-0.25, -0.2) is 0 Å². The Bertz CT molecular complexity index is 1070. The van der Waals surface area contributed by atoms with Gasteiger partial charge in [0, 0.05) is 5.88 Å². The molecule has 2 aromatic carbocycles. The van der Waals surface area contributed by atoms with Gasteiger partial charge in [0.05, 0.1) is 17.7 Å². The molecule has 0 aliphatic carbocycles. The third kappa shape index (κ3) is 6.53. The predicted octanol–water partition coefficient (Wildman–Crippen LogP) is 4.32. The Hall–Kier alpha value is -3.44. The maximum absolute atomic E-state index is 12.8. The van der Waals surface area contributed by atoms with Crippen LogP contribution in [0.4, 0.5) is 19.1 Å². The summed E-state index contributed by atoms with van der Waals surface area (Å²) < 4.78 is 44.7. The van der Waals surface area contributed by atoms with Crippen molar-refractivity contribution in [3.63, 3.8) is 0 Å². The van der Waals surface area contributed by atoms with Gasteiger partial charge in [-0.3, -0.25) is 14.9 Å². The summed E-state index contributed by atoms with van der Waals surface area (Å²) in [7, 11) is 0. The number of hydrogen-bond acceptors (Lipinski definition) is 6. The van der Waals surface area contributed by atoms with Crippen molar-refractivity contribution in [2.75, 3.05) is 11.2 Å². The Balaban J connectivity index is 0.00000363. The van der Waals surface area contributed by atoms with Gasteiger partial charge >= 0.3 is 12.1 Å². The highest BCUT2D eigenvalue weighted by Crippen LogP contribution is 2.24. The maximum Gasteiger partial charge on any atom is 0.396 e.